The maximum absolute atomic E-state index is 12.8. The molecule has 6 heteroatoms. The second kappa shape index (κ2) is 5.29. The number of rotatable bonds is 1. The van der Waals surface area contributed by atoms with E-state index in [0.29, 0.717) is 5.57 Å². The first-order chi connectivity index (χ1) is 10.5. The van der Waals surface area contributed by atoms with Crippen molar-refractivity contribution >= 4 is 5.57 Å². The summed E-state index contributed by atoms with van der Waals surface area (Å²) in [7, 11) is 0. The van der Waals surface area contributed by atoms with Crippen LogP contribution in [0.2, 0.25) is 0 Å². The lowest BCUT2D eigenvalue weighted by molar-refractivity contribution is -0.145. The molecule has 0 spiro atoms. The second-order valence-corrected chi connectivity index (χ2v) is 4.81. The Labute approximate surface area is 123 Å². The molecule has 3 nitrogen and oxygen atoms in total. The maximum Gasteiger partial charge on any atom is 0.449 e. The highest BCUT2D eigenvalue weighted by atomic mass is 19.4. The average Bonchev–Trinajstić information content (AvgIpc) is 2.70. The van der Waals surface area contributed by atoms with Crippen molar-refractivity contribution in [3.05, 3.63) is 81.6 Å². The van der Waals surface area contributed by atoms with E-state index in [1.165, 1.54) is 0 Å². The fourth-order valence-corrected chi connectivity index (χ4v) is 2.37. The Bertz CT molecular complexity index is 818. The van der Waals surface area contributed by atoms with Gasteiger partial charge in [0.05, 0.1) is 11.3 Å². The van der Waals surface area contributed by atoms with E-state index in [1.54, 1.807) is 42.5 Å². The normalized spacial score (nSPS) is 14.2. The molecule has 1 aliphatic rings. The molecule has 0 aliphatic heterocycles. The van der Waals surface area contributed by atoms with Gasteiger partial charge in [-0.05, 0) is 11.1 Å². The Morgan fingerprint density at radius 3 is 2.55 bits per heavy atom. The molecule has 0 atom stereocenters. The van der Waals surface area contributed by atoms with Crippen molar-refractivity contribution in [1.82, 2.24) is 9.97 Å². The highest BCUT2D eigenvalue weighted by Gasteiger charge is 2.35. The van der Waals surface area contributed by atoms with Crippen LogP contribution >= 0.6 is 0 Å². The zero-order valence-electron chi connectivity index (χ0n) is 11.3. The summed E-state index contributed by atoms with van der Waals surface area (Å²) in [4.78, 5) is 17.7. The third kappa shape index (κ3) is 2.59. The van der Waals surface area contributed by atoms with Crippen molar-refractivity contribution in [2.75, 3.05) is 0 Å². The minimum absolute atomic E-state index is 0.125. The van der Waals surface area contributed by atoms with Gasteiger partial charge in [0.15, 0.2) is 0 Å². The molecule has 1 aliphatic carbocycles. The first-order valence-electron chi connectivity index (χ1n) is 6.60. The van der Waals surface area contributed by atoms with Crippen molar-refractivity contribution in [2.45, 2.75) is 12.6 Å². The molecule has 22 heavy (non-hydrogen) atoms. The summed E-state index contributed by atoms with van der Waals surface area (Å²) in [6, 6.07) is 9.02. The van der Waals surface area contributed by atoms with Gasteiger partial charge in [-0.25, -0.2) is 4.98 Å². The Balaban J connectivity index is 2.23. The van der Waals surface area contributed by atoms with E-state index in [9.17, 15) is 18.0 Å². The van der Waals surface area contributed by atoms with Gasteiger partial charge in [0.1, 0.15) is 0 Å². The van der Waals surface area contributed by atoms with Crippen molar-refractivity contribution in [2.24, 2.45) is 0 Å². The fourth-order valence-electron chi connectivity index (χ4n) is 2.37. The number of nitrogens with one attached hydrogen (secondary N) is 1. The van der Waals surface area contributed by atoms with E-state index < -0.39 is 17.6 Å². The summed E-state index contributed by atoms with van der Waals surface area (Å²) in [5.74, 6) is -1.26. The SMILES string of the molecule is O=c1[nH]c(C(F)(F)F)nc2c1C(c1ccccc1)=CC=CC2. The van der Waals surface area contributed by atoms with Gasteiger partial charge in [0, 0.05) is 6.42 Å². The lowest BCUT2D eigenvalue weighted by atomic mass is 9.97. The lowest BCUT2D eigenvalue weighted by Gasteiger charge is -2.12. The third-order valence-corrected chi connectivity index (χ3v) is 3.33. The minimum Gasteiger partial charge on any atom is -0.302 e. The molecule has 0 bridgehead atoms. The number of hydrogen-bond donors (Lipinski definition) is 1. The Kier molecular flexibility index (Phi) is 3.44. The number of alkyl halides is 3. The molecule has 0 fully saturated rings. The first kappa shape index (κ1) is 14.3. The molecule has 112 valence electrons. The maximum atomic E-state index is 12.8. The third-order valence-electron chi connectivity index (χ3n) is 3.33. The van der Waals surface area contributed by atoms with Gasteiger partial charge < -0.3 is 4.98 Å². The van der Waals surface area contributed by atoms with Gasteiger partial charge >= 0.3 is 6.18 Å². The van der Waals surface area contributed by atoms with E-state index in [2.05, 4.69) is 4.98 Å². The summed E-state index contributed by atoms with van der Waals surface area (Å²) in [6.45, 7) is 0. The Morgan fingerprint density at radius 1 is 1.14 bits per heavy atom. The summed E-state index contributed by atoms with van der Waals surface area (Å²) < 4.78 is 38.4. The van der Waals surface area contributed by atoms with Crippen molar-refractivity contribution in [3.63, 3.8) is 0 Å². The van der Waals surface area contributed by atoms with Crippen LogP contribution in [0.5, 0.6) is 0 Å². The molecule has 1 aromatic heterocycles. The summed E-state index contributed by atoms with van der Waals surface area (Å²) >= 11 is 0. The first-order valence-corrected chi connectivity index (χ1v) is 6.60. The van der Waals surface area contributed by atoms with E-state index in [4.69, 9.17) is 0 Å². The molecule has 0 amide bonds. The van der Waals surface area contributed by atoms with E-state index >= 15 is 0 Å². The van der Waals surface area contributed by atoms with Crippen LogP contribution in [0.3, 0.4) is 0 Å². The smallest absolute Gasteiger partial charge is 0.302 e. The van der Waals surface area contributed by atoms with Crippen molar-refractivity contribution in [1.29, 1.82) is 0 Å². The molecule has 0 saturated carbocycles. The zero-order chi connectivity index (χ0) is 15.7. The monoisotopic (exact) mass is 304 g/mol. The number of nitrogens with zero attached hydrogens (tertiary/aromatic N) is 1. The van der Waals surface area contributed by atoms with Gasteiger partial charge in [-0.15, -0.1) is 0 Å². The number of halogens is 3. The van der Waals surface area contributed by atoms with Crippen molar-refractivity contribution in [3.8, 4) is 0 Å². The van der Waals surface area contributed by atoms with Gasteiger partial charge in [0.2, 0.25) is 5.82 Å². The van der Waals surface area contributed by atoms with Crippen LogP contribution in [-0.4, -0.2) is 9.97 Å². The molecular weight excluding hydrogens is 293 g/mol. The number of allylic oxidation sites excluding steroid dienone is 3. The number of fused-ring (bicyclic) bond motifs is 1. The highest BCUT2D eigenvalue weighted by Crippen LogP contribution is 2.29. The number of hydrogen-bond acceptors (Lipinski definition) is 2. The quantitative estimate of drug-likeness (QED) is 0.878. The topological polar surface area (TPSA) is 45.8 Å². The molecule has 1 N–H and O–H groups in total. The van der Waals surface area contributed by atoms with E-state index in [1.807, 2.05) is 11.1 Å². The predicted octanol–water partition coefficient (Wildman–Crippen LogP) is 3.33. The van der Waals surface area contributed by atoms with E-state index in [0.717, 1.165) is 5.56 Å². The van der Waals surface area contributed by atoms with E-state index in [-0.39, 0.29) is 17.7 Å². The average molecular weight is 304 g/mol. The van der Waals surface area contributed by atoms with Crippen LogP contribution < -0.4 is 5.56 Å². The molecule has 1 heterocycles. The lowest BCUT2D eigenvalue weighted by Crippen LogP contribution is -2.24. The summed E-state index contributed by atoms with van der Waals surface area (Å²) in [5.41, 5.74) is 0.842. The van der Waals surface area contributed by atoms with Gasteiger partial charge in [0.25, 0.3) is 5.56 Å². The molecular formula is C16H11F3N2O. The fraction of sp³-hybridized carbons (Fsp3) is 0.125. The largest absolute Gasteiger partial charge is 0.449 e. The second-order valence-electron chi connectivity index (χ2n) is 4.81. The standard InChI is InChI=1S/C16H11F3N2O/c17-16(18,19)15-20-12-9-5-4-8-11(13(12)14(22)21-15)10-6-2-1-3-7-10/h1-8H,9H2,(H,20,21,22). The molecule has 0 saturated heterocycles. The minimum atomic E-state index is -4.68. The Hall–Kier alpha value is -2.63. The Morgan fingerprint density at radius 2 is 1.86 bits per heavy atom. The molecule has 0 radical (unpaired) electrons. The van der Waals surface area contributed by atoms with Crippen LogP contribution in [0.25, 0.3) is 5.57 Å². The van der Waals surface area contributed by atoms with Crippen molar-refractivity contribution < 1.29 is 13.2 Å². The number of benzene rings is 1. The number of H-pyrrole nitrogens is 1. The van der Waals surface area contributed by atoms with Crippen LogP contribution in [0.4, 0.5) is 13.2 Å². The number of aromatic amines is 1. The predicted molar refractivity (Wildman–Crippen MR) is 76.2 cm³/mol. The summed E-state index contributed by atoms with van der Waals surface area (Å²) in [5, 5.41) is 0. The van der Waals surface area contributed by atoms with Crippen LogP contribution in [-0.2, 0) is 12.6 Å². The highest BCUT2D eigenvalue weighted by molar-refractivity contribution is 5.82. The van der Waals surface area contributed by atoms with Gasteiger partial charge in [-0.1, -0.05) is 48.6 Å². The summed E-state index contributed by atoms with van der Waals surface area (Å²) in [6.07, 6.45) is 0.611. The van der Waals surface area contributed by atoms with Gasteiger partial charge in [-0.3, -0.25) is 4.79 Å². The van der Waals surface area contributed by atoms with Crippen LogP contribution in [0, 0.1) is 0 Å². The van der Waals surface area contributed by atoms with Crippen LogP contribution in [0.1, 0.15) is 22.6 Å². The molecule has 1 aromatic carbocycles. The van der Waals surface area contributed by atoms with Gasteiger partial charge in [-0.2, -0.15) is 13.2 Å². The molecule has 2 aromatic rings. The zero-order valence-corrected chi connectivity index (χ0v) is 11.3. The van der Waals surface area contributed by atoms with Crippen LogP contribution in [0.15, 0.2) is 53.4 Å². The number of aromatic nitrogens is 2. The molecule has 0 unspecified atom stereocenters. The molecule has 3 rings (SSSR count).